The molecular weight excluding hydrogens is 304 g/mol. The van der Waals surface area contributed by atoms with Crippen LogP contribution in [0.5, 0.6) is 11.5 Å². The monoisotopic (exact) mass is 314 g/mol. The third-order valence-electron chi connectivity index (χ3n) is 3.08. The van der Waals surface area contributed by atoms with Gasteiger partial charge in [-0.3, -0.25) is 0 Å². The van der Waals surface area contributed by atoms with Crippen molar-refractivity contribution in [2.24, 2.45) is 0 Å². The molecule has 0 amide bonds. The summed E-state index contributed by atoms with van der Waals surface area (Å²) in [6.07, 6.45) is 4.63. The van der Waals surface area contributed by atoms with Gasteiger partial charge in [0.25, 0.3) is 0 Å². The number of hydrogen-bond donors (Lipinski definition) is 2. The molecule has 0 aliphatic rings. The number of halogens is 1. The first-order chi connectivity index (χ1) is 10.6. The van der Waals surface area contributed by atoms with Crippen molar-refractivity contribution >= 4 is 34.3 Å². The van der Waals surface area contributed by atoms with Gasteiger partial charge in [-0.1, -0.05) is 17.7 Å². The Labute approximate surface area is 131 Å². The Kier molecular flexibility index (Phi) is 3.45. The topological polar surface area (TPSA) is 81.8 Å². The molecule has 0 spiro atoms. The number of anilines is 2. The fourth-order valence-electron chi connectivity index (χ4n) is 2.01. The van der Waals surface area contributed by atoms with E-state index < -0.39 is 0 Å². The van der Waals surface area contributed by atoms with E-state index in [1.807, 2.05) is 0 Å². The van der Waals surface area contributed by atoms with Gasteiger partial charge in [-0.05, 0) is 6.07 Å². The van der Waals surface area contributed by atoms with Crippen molar-refractivity contribution < 1.29 is 4.74 Å². The molecule has 0 bridgehead atoms. The lowest BCUT2D eigenvalue weighted by Crippen LogP contribution is -2.00. The first kappa shape index (κ1) is 14.0. The van der Waals surface area contributed by atoms with Crippen LogP contribution in [-0.4, -0.2) is 21.6 Å². The Balaban J connectivity index is 2.02. The van der Waals surface area contributed by atoms with E-state index in [1.54, 1.807) is 36.1 Å². The van der Waals surface area contributed by atoms with Gasteiger partial charge in [0.1, 0.15) is 16.4 Å². The van der Waals surface area contributed by atoms with Crippen LogP contribution in [0.25, 0.3) is 10.4 Å². The third kappa shape index (κ3) is 2.25. The van der Waals surface area contributed by atoms with Gasteiger partial charge in [-0.2, -0.15) is 5.10 Å². The van der Waals surface area contributed by atoms with Crippen LogP contribution in [0, 0.1) is 6.57 Å². The zero-order valence-electron chi connectivity index (χ0n) is 11.5. The molecule has 0 unspecified atom stereocenters. The average molecular weight is 315 g/mol. The number of aromatic nitrogens is 3. The number of nitrogen functional groups attached to an aromatic ring is 1. The zero-order chi connectivity index (χ0) is 15.7. The molecule has 0 saturated carbocycles. The maximum Gasteiger partial charge on any atom is 0.205 e. The molecule has 7 nitrogen and oxygen atoms in total. The quantitative estimate of drug-likeness (QED) is 0.724. The lowest BCUT2D eigenvalue weighted by Gasteiger charge is -2.11. The van der Waals surface area contributed by atoms with Gasteiger partial charge >= 0.3 is 0 Å². The highest BCUT2D eigenvalue weighted by molar-refractivity contribution is 6.35. The lowest BCUT2D eigenvalue weighted by atomic mass is 10.3. The van der Waals surface area contributed by atoms with Crippen LogP contribution in [0.3, 0.4) is 0 Å². The maximum absolute atomic E-state index is 7.01. The third-order valence-corrected chi connectivity index (χ3v) is 3.45. The van der Waals surface area contributed by atoms with E-state index in [2.05, 4.69) is 20.2 Å². The largest absolute Gasteiger partial charge is 0.450 e. The van der Waals surface area contributed by atoms with Crippen molar-refractivity contribution in [3.8, 4) is 11.5 Å². The molecule has 0 aliphatic heterocycles. The van der Waals surface area contributed by atoms with Crippen molar-refractivity contribution in [2.45, 2.75) is 0 Å². The first-order valence-electron chi connectivity index (χ1n) is 6.28. The van der Waals surface area contributed by atoms with E-state index in [1.165, 1.54) is 6.20 Å². The van der Waals surface area contributed by atoms with Crippen LogP contribution < -0.4 is 15.8 Å². The van der Waals surface area contributed by atoms with Gasteiger partial charge < -0.3 is 15.8 Å². The lowest BCUT2D eigenvalue weighted by molar-refractivity contribution is 0.486. The highest BCUT2D eigenvalue weighted by Crippen LogP contribution is 2.38. The maximum atomic E-state index is 7.01. The molecule has 0 fully saturated rings. The van der Waals surface area contributed by atoms with Crippen molar-refractivity contribution in [1.82, 2.24) is 14.6 Å². The second-order valence-electron chi connectivity index (χ2n) is 4.39. The van der Waals surface area contributed by atoms with E-state index in [9.17, 15) is 0 Å². The summed E-state index contributed by atoms with van der Waals surface area (Å²) in [6, 6.07) is 3.45. The predicted molar refractivity (Wildman–Crippen MR) is 84.7 cm³/mol. The Hall–Kier alpha value is -2.98. The smallest absolute Gasteiger partial charge is 0.205 e. The second-order valence-corrected chi connectivity index (χ2v) is 4.76. The van der Waals surface area contributed by atoms with Crippen molar-refractivity contribution in [1.29, 1.82) is 0 Å². The molecular formula is C14H11ClN6O. The number of nitrogens with two attached hydrogens (primary N) is 1. The van der Waals surface area contributed by atoms with Gasteiger partial charge in [0.05, 0.1) is 24.7 Å². The zero-order valence-corrected chi connectivity index (χ0v) is 12.3. The first-order valence-corrected chi connectivity index (χ1v) is 6.66. The molecule has 3 aromatic heterocycles. The Morgan fingerprint density at radius 1 is 1.36 bits per heavy atom. The Bertz CT molecular complexity index is 898. The molecule has 22 heavy (non-hydrogen) atoms. The Morgan fingerprint density at radius 3 is 2.91 bits per heavy atom. The molecule has 0 aromatic carbocycles. The standard InChI is InChI=1S/C14H11ClN6O/c1-17-8-3-4-9-10(6-20-21(9)7-8)22-11-5-19-14(16)13(18-2)12(11)15/h3-7,18H,2H3,(H2,16,19). The minimum atomic E-state index is 0.293. The van der Waals surface area contributed by atoms with Crippen LogP contribution >= 0.6 is 11.6 Å². The van der Waals surface area contributed by atoms with E-state index in [0.717, 1.165) is 0 Å². The summed E-state index contributed by atoms with van der Waals surface area (Å²) in [7, 11) is 1.70. The summed E-state index contributed by atoms with van der Waals surface area (Å²) in [5, 5.41) is 7.38. The summed E-state index contributed by atoms with van der Waals surface area (Å²) in [5.41, 5.74) is 7.45. The summed E-state index contributed by atoms with van der Waals surface area (Å²) in [5.74, 6) is 1.16. The van der Waals surface area contributed by atoms with Crippen LogP contribution in [0.4, 0.5) is 17.2 Å². The molecule has 8 heteroatoms. The number of hydrogen-bond acceptors (Lipinski definition) is 5. The van der Waals surface area contributed by atoms with E-state index >= 15 is 0 Å². The molecule has 0 atom stereocenters. The van der Waals surface area contributed by atoms with Crippen molar-refractivity contribution in [3.05, 3.63) is 47.2 Å². The minimum absolute atomic E-state index is 0.293. The highest BCUT2D eigenvalue weighted by atomic mass is 35.5. The minimum Gasteiger partial charge on any atom is -0.450 e. The van der Waals surface area contributed by atoms with Crippen LogP contribution in [0.1, 0.15) is 0 Å². The van der Waals surface area contributed by atoms with Crippen molar-refractivity contribution in [3.63, 3.8) is 0 Å². The molecule has 0 aliphatic carbocycles. The van der Waals surface area contributed by atoms with E-state index in [-0.39, 0.29) is 0 Å². The van der Waals surface area contributed by atoms with Gasteiger partial charge in [0.15, 0.2) is 11.5 Å². The Morgan fingerprint density at radius 2 is 2.18 bits per heavy atom. The van der Waals surface area contributed by atoms with Crippen LogP contribution in [0.2, 0.25) is 5.02 Å². The number of fused-ring (bicyclic) bond motifs is 1. The number of pyridine rings is 2. The molecule has 3 N–H and O–H groups in total. The van der Waals surface area contributed by atoms with Gasteiger partial charge in [0, 0.05) is 13.2 Å². The van der Waals surface area contributed by atoms with Gasteiger partial charge in [0.2, 0.25) is 5.69 Å². The average Bonchev–Trinajstić information content (AvgIpc) is 2.92. The number of ether oxygens (including phenoxy) is 1. The highest BCUT2D eigenvalue weighted by Gasteiger charge is 2.14. The number of rotatable bonds is 3. The summed E-state index contributed by atoms with van der Waals surface area (Å²) in [4.78, 5) is 7.39. The van der Waals surface area contributed by atoms with Gasteiger partial charge in [-0.25, -0.2) is 14.3 Å². The molecule has 3 rings (SSSR count). The van der Waals surface area contributed by atoms with E-state index in [4.69, 9.17) is 28.6 Å². The fourth-order valence-corrected chi connectivity index (χ4v) is 2.29. The van der Waals surface area contributed by atoms with Gasteiger partial charge in [-0.15, -0.1) is 0 Å². The molecule has 110 valence electrons. The summed E-state index contributed by atoms with van der Waals surface area (Å²) >= 11 is 6.26. The summed E-state index contributed by atoms with van der Waals surface area (Å²) in [6.45, 7) is 7.01. The second kappa shape index (κ2) is 5.42. The predicted octanol–water partition coefficient (Wildman–Crippen LogP) is 3.35. The number of nitrogens with zero attached hydrogens (tertiary/aromatic N) is 4. The number of nitrogens with one attached hydrogen (secondary N) is 1. The molecule has 0 saturated heterocycles. The van der Waals surface area contributed by atoms with E-state index in [0.29, 0.717) is 39.2 Å². The van der Waals surface area contributed by atoms with Crippen LogP contribution in [-0.2, 0) is 0 Å². The molecule has 0 radical (unpaired) electrons. The SMILES string of the molecule is [C-]#[N+]c1ccc2c(Oc3cnc(N)c(NC)c3Cl)cnn2c1. The summed E-state index contributed by atoms with van der Waals surface area (Å²) < 4.78 is 7.35. The van der Waals surface area contributed by atoms with Crippen molar-refractivity contribution in [2.75, 3.05) is 18.1 Å². The normalized spacial score (nSPS) is 10.4. The molecule has 3 heterocycles. The van der Waals surface area contributed by atoms with Crippen LogP contribution in [0.15, 0.2) is 30.7 Å². The molecule has 3 aromatic rings. The fraction of sp³-hybridized carbons (Fsp3) is 0.0714.